The van der Waals surface area contributed by atoms with E-state index in [1.165, 1.54) is 22.9 Å². The van der Waals surface area contributed by atoms with Crippen molar-refractivity contribution in [2.45, 2.75) is 24.8 Å². The summed E-state index contributed by atoms with van der Waals surface area (Å²) in [6.07, 6.45) is -3.81. The van der Waals surface area contributed by atoms with Crippen LogP contribution in [-0.2, 0) is 4.74 Å². The van der Waals surface area contributed by atoms with Gasteiger partial charge in [-0.2, -0.15) is 0 Å². The number of aromatic amines is 1. The van der Waals surface area contributed by atoms with Crippen molar-refractivity contribution in [1.82, 2.24) is 14.5 Å². The van der Waals surface area contributed by atoms with E-state index in [4.69, 9.17) is 4.74 Å². The summed E-state index contributed by atoms with van der Waals surface area (Å²) in [5.41, 5.74) is -1.35. The van der Waals surface area contributed by atoms with Gasteiger partial charge >= 0.3 is 5.69 Å². The van der Waals surface area contributed by atoms with Crippen LogP contribution >= 0.6 is 11.8 Å². The average Bonchev–Trinajstić information content (AvgIpc) is 3.03. The standard InChI is InChI=1S/C12H16N4O6S/c17-5-6-8(19)16(12-13-2-4-23-12)9(20)10(22-6)15-3-1-7(18)14-11(15)21/h1,3,6,8-10,17,19-20H,2,4-5H2,(H,14,18,21)/t6-,8?,9?,10-/m1/s1. The lowest BCUT2D eigenvalue weighted by Gasteiger charge is -2.45. The maximum Gasteiger partial charge on any atom is 0.330 e. The molecule has 1 saturated heterocycles. The normalized spacial score (nSPS) is 31.3. The molecule has 0 aliphatic carbocycles. The van der Waals surface area contributed by atoms with Gasteiger partial charge in [-0.25, -0.2) is 4.79 Å². The average molecular weight is 344 g/mol. The number of nitrogens with zero attached hydrogens (tertiary/aromatic N) is 3. The predicted molar refractivity (Wildman–Crippen MR) is 80.9 cm³/mol. The van der Waals surface area contributed by atoms with Crippen molar-refractivity contribution in [2.24, 2.45) is 4.99 Å². The highest BCUT2D eigenvalue weighted by atomic mass is 32.2. The molecule has 3 heterocycles. The fourth-order valence-electron chi connectivity index (χ4n) is 2.47. The van der Waals surface area contributed by atoms with Crippen LogP contribution in [0.5, 0.6) is 0 Å². The summed E-state index contributed by atoms with van der Waals surface area (Å²) >= 11 is 1.35. The third-order valence-electron chi connectivity index (χ3n) is 3.57. The molecular formula is C12H16N4O6S. The molecule has 2 aliphatic heterocycles. The van der Waals surface area contributed by atoms with Gasteiger partial charge in [-0.3, -0.25) is 24.2 Å². The number of H-pyrrole nitrogens is 1. The van der Waals surface area contributed by atoms with Crippen molar-refractivity contribution in [3.8, 4) is 0 Å². The number of rotatable bonds is 2. The van der Waals surface area contributed by atoms with Crippen molar-refractivity contribution < 1.29 is 20.1 Å². The lowest BCUT2D eigenvalue weighted by Crippen LogP contribution is -2.62. The lowest BCUT2D eigenvalue weighted by molar-refractivity contribution is -0.268. The first-order valence-corrected chi connectivity index (χ1v) is 7.91. The predicted octanol–water partition coefficient (Wildman–Crippen LogP) is -2.53. The molecule has 10 nitrogen and oxygen atoms in total. The Hall–Kier alpha value is -1.66. The maximum absolute atomic E-state index is 11.9. The van der Waals surface area contributed by atoms with Gasteiger partial charge in [-0.05, 0) is 0 Å². The number of nitrogens with one attached hydrogen (secondary N) is 1. The molecule has 1 fully saturated rings. The van der Waals surface area contributed by atoms with Crippen LogP contribution in [0.4, 0.5) is 0 Å². The zero-order valence-corrected chi connectivity index (χ0v) is 12.7. The van der Waals surface area contributed by atoms with Gasteiger partial charge in [-0.1, -0.05) is 11.8 Å². The van der Waals surface area contributed by atoms with Gasteiger partial charge in [0.05, 0.1) is 13.2 Å². The molecule has 1 aromatic rings. The maximum atomic E-state index is 11.9. The zero-order valence-electron chi connectivity index (χ0n) is 11.9. The number of morpholine rings is 1. The zero-order chi connectivity index (χ0) is 16.6. The summed E-state index contributed by atoms with van der Waals surface area (Å²) in [7, 11) is 0. The van der Waals surface area contributed by atoms with Crippen molar-refractivity contribution in [1.29, 1.82) is 0 Å². The summed E-state index contributed by atoms with van der Waals surface area (Å²) in [5.74, 6) is 0.708. The van der Waals surface area contributed by atoms with E-state index < -0.39 is 42.6 Å². The highest BCUT2D eigenvalue weighted by Crippen LogP contribution is 2.31. The van der Waals surface area contributed by atoms with Gasteiger partial charge in [0.1, 0.15) is 6.10 Å². The molecule has 23 heavy (non-hydrogen) atoms. The van der Waals surface area contributed by atoms with E-state index in [2.05, 4.69) is 9.98 Å². The van der Waals surface area contributed by atoms with Crippen LogP contribution in [0.15, 0.2) is 26.8 Å². The van der Waals surface area contributed by atoms with Crippen molar-refractivity contribution in [2.75, 3.05) is 18.9 Å². The van der Waals surface area contributed by atoms with Crippen molar-refractivity contribution in [3.05, 3.63) is 33.1 Å². The molecular weight excluding hydrogens is 328 g/mol. The molecule has 0 bridgehead atoms. The Balaban J connectivity index is 1.99. The second-order valence-corrected chi connectivity index (χ2v) is 6.07. The van der Waals surface area contributed by atoms with Gasteiger partial charge in [-0.15, -0.1) is 0 Å². The van der Waals surface area contributed by atoms with Crippen LogP contribution in [0, 0.1) is 0 Å². The van der Waals surface area contributed by atoms with Gasteiger partial charge < -0.3 is 20.1 Å². The topological polar surface area (TPSA) is 140 Å². The second-order valence-electron chi connectivity index (χ2n) is 5.01. The highest BCUT2D eigenvalue weighted by molar-refractivity contribution is 8.14. The minimum Gasteiger partial charge on any atom is -0.393 e. The van der Waals surface area contributed by atoms with Gasteiger partial charge in [0.2, 0.25) is 0 Å². The first-order chi connectivity index (χ1) is 11.0. The number of amidine groups is 1. The monoisotopic (exact) mass is 344 g/mol. The summed E-state index contributed by atoms with van der Waals surface area (Å²) in [6.45, 7) is 0.0286. The fraction of sp³-hybridized carbons (Fsp3) is 0.583. The number of aliphatic imine (C=N–C) groups is 1. The largest absolute Gasteiger partial charge is 0.393 e. The molecule has 4 atom stereocenters. The summed E-state index contributed by atoms with van der Waals surface area (Å²) in [6, 6.07) is 1.11. The minimum absolute atomic E-state index is 0.411. The van der Waals surface area contributed by atoms with Crippen LogP contribution in [0.3, 0.4) is 0 Å². The van der Waals surface area contributed by atoms with Crippen LogP contribution < -0.4 is 11.2 Å². The summed E-state index contributed by atoms with van der Waals surface area (Å²) in [5, 5.41) is 30.6. The SMILES string of the molecule is O=c1ccn([C@@H]2O[C@H](CO)C(O)N(C3=NCCS3)C2O)c(=O)[nH]1. The minimum atomic E-state index is -1.42. The van der Waals surface area contributed by atoms with Crippen LogP contribution in [0.25, 0.3) is 0 Å². The number of hydrogen-bond acceptors (Lipinski definition) is 9. The van der Waals surface area contributed by atoms with E-state index in [9.17, 15) is 24.9 Å². The van der Waals surface area contributed by atoms with E-state index in [1.807, 2.05) is 0 Å². The number of ether oxygens (including phenoxy) is 1. The molecule has 0 radical (unpaired) electrons. The number of aliphatic hydroxyl groups excluding tert-OH is 3. The highest BCUT2D eigenvalue weighted by Gasteiger charge is 2.45. The molecule has 11 heteroatoms. The molecule has 2 aliphatic rings. The van der Waals surface area contributed by atoms with E-state index in [0.29, 0.717) is 17.5 Å². The van der Waals surface area contributed by atoms with E-state index in [1.54, 1.807) is 0 Å². The van der Waals surface area contributed by atoms with Gasteiger partial charge in [0, 0.05) is 18.0 Å². The Kier molecular flexibility index (Phi) is 4.55. The molecule has 0 aromatic carbocycles. The smallest absolute Gasteiger partial charge is 0.330 e. The first kappa shape index (κ1) is 16.2. The van der Waals surface area contributed by atoms with Crippen molar-refractivity contribution >= 4 is 16.9 Å². The Morgan fingerprint density at radius 1 is 1.39 bits per heavy atom. The van der Waals surface area contributed by atoms with E-state index >= 15 is 0 Å². The van der Waals surface area contributed by atoms with Crippen LogP contribution in [-0.4, -0.2) is 72.4 Å². The lowest BCUT2D eigenvalue weighted by atomic mass is 10.2. The Bertz CT molecular complexity index is 718. The van der Waals surface area contributed by atoms with Gasteiger partial charge in [0.15, 0.2) is 23.9 Å². The third kappa shape index (κ3) is 2.93. The Morgan fingerprint density at radius 2 is 2.17 bits per heavy atom. The molecule has 126 valence electrons. The van der Waals surface area contributed by atoms with E-state index in [0.717, 1.165) is 10.6 Å². The van der Waals surface area contributed by atoms with Gasteiger partial charge in [0.25, 0.3) is 5.56 Å². The molecule has 3 rings (SSSR count). The molecule has 0 amide bonds. The van der Waals surface area contributed by atoms with Crippen LogP contribution in [0.2, 0.25) is 0 Å². The summed E-state index contributed by atoms with van der Waals surface area (Å²) in [4.78, 5) is 30.6. The summed E-state index contributed by atoms with van der Waals surface area (Å²) < 4.78 is 6.44. The quantitative estimate of drug-likeness (QED) is 0.460. The second kappa shape index (κ2) is 6.45. The molecule has 4 N–H and O–H groups in total. The molecule has 0 spiro atoms. The first-order valence-electron chi connectivity index (χ1n) is 6.92. The number of aromatic nitrogens is 2. The third-order valence-corrected chi connectivity index (χ3v) is 4.55. The Morgan fingerprint density at radius 3 is 2.78 bits per heavy atom. The molecule has 0 saturated carbocycles. The van der Waals surface area contributed by atoms with Crippen LogP contribution in [0.1, 0.15) is 6.23 Å². The Labute approximate surface area is 134 Å². The number of aliphatic hydroxyl groups is 3. The number of hydrogen-bond donors (Lipinski definition) is 4. The molecule has 1 aromatic heterocycles. The van der Waals surface area contributed by atoms with E-state index in [-0.39, 0.29) is 0 Å². The van der Waals surface area contributed by atoms with Crippen molar-refractivity contribution in [3.63, 3.8) is 0 Å². The number of thioether (sulfide) groups is 1. The fourth-order valence-corrected chi connectivity index (χ4v) is 3.39. The molecule has 2 unspecified atom stereocenters.